The van der Waals surface area contributed by atoms with Crippen LogP contribution in [0, 0.1) is 26.6 Å². The Kier molecular flexibility index (Phi) is 9.21. The molecule has 5 nitrogen and oxygen atoms in total. The van der Waals surface area contributed by atoms with Crippen LogP contribution in [-0.4, -0.2) is 33.2 Å². The molecule has 0 radical (unpaired) electrons. The number of halogens is 2. The van der Waals surface area contributed by atoms with Gasteiger partial charge in [0, 0.05) is 28.6 Å². The second kappa shape index (κ2) is 11.9. The molecule has 3 aromatic rings. The number of carbonyl (C=O) groups is 1. The Bertz CT molecular complexity index is 1280. The Hall–Kier alpha value is -2.55. The summed E-state index contributed by atoms with van der Waals surface area (Å²) in [6.45, 7) is 5.52. The van der Waals surface area contributed by atoms with Crippen LogP contribution >= 0.6 is 23.4 Å². The first-order valence-electron chi connectivity index (χ1n) is 11.0. The first kappa shape index (κ1) is 27.0. The fraction of sp³-hybridized carbons (Fsp3) is 0.269. The highest BCUT2D eigenvalue weighted by molar-refractivity contribution is 7.98. The van der Waals surface area contributed by atoms with Crippen LogP contribution in [0.5, 0.6) is 0 Å². The number of hydrogen-bond acceptors (Lipinski definition) is 4. The van der Waals surface area contributed by atoms with Crippen molar-refractivity contribution in [2.75, 3.05) is 23.1 Å². The van der Waals surface area contributed by atoms with Gasteiger partial charge in [-0.25, -0.2) is 12.8 Å². The Labute approximate surface area is 215 Å². The number of carbonyl (C=O) groups excluding carboxylic acids is 1. The molecule has 186 valence electrons. The fourth-order valence-corrected chi connectivity index (χ4v) is 6.09. The number of benzene rings is 3. The molecular weight excluding hydrogens is 507 g/mol. The number of thioether (sulfide) groups is 1. The number of sulfonamides is 1. The summed E-state index contributed by atoms with van der Waals surface area (Å²) in [4.78, 5) is 12.9. The number of nitrogens with zero attached hydrogens (tertiary/aromatic N) is 1. The maximum Gasteiger partial charge on any atom is 0.264 e. The summed E-state index contributed by atoms with van der Waals surface area (Å²) in [5.74, 6) is 0.105. The van der Waals surface area contributed by atoms with Crippen molar-refractivity contribution in [3.63, 3.8) is 0 Å². The van der Waals surface area contributed by atoms with E-state index >= 15 is 0 Å². The second-order valence-electron chi connectivity index (χ2n) is 8.22. The SMILES string of the molecule is Cc1ccc(S(=O)(=O)N(CC(=O)NCCSCc2c(F)cccc2Cl)c2cc(C)ccc2C)cc1. The third kappa shape index (κ3) is 6.99. The van der Waals surface area contributed by atoms with Crippen molar-refractivity contribution in [2.24, 2.45) is 0 Å². The zero-order chi connectivity index (χ0) is 25.6. The molecule has 0 atom stereocenters. The van der Waals surface area contributed by atoms with E-state index in [0.29, 0.717) is 34.3 Å². The van der Waals surface area contributed by atoms with E-state index in [0.717, 1.165) is 21.0 Å². The first-order chi connectivity index (χ1) is 16.6. The molecule has 0 bridgehead atoms. The second-order valence-corrected chi connectivity index (χ2v) is 11.6. The Morgan fingerprint density at radius 3 is 2.40 bits per heavy atom. The van der Waals surface area contributed by atoms with Gasteiger partial charge in [-0.1, -0.05) is 47.5 Å². The molecule has 3 aromatic carbocycles. The van der Waals surface area contributed by atoms with Crippen molar-refractivity contribution in [1.29, 1.82) is 0 Å². The summed E-state index contributed by atoms with van der Waals surface area (Å²) < 4.78 is 42.1. The summed E-state index contributed by atoms with van der Waals surface area (Å²) in [7, 11) is -3.98. The summed E-state index contributed by atoms with van der Waals surface area (Å²) in [6.07, 6.45) is 0. The zero-order valence-electron chi connectivity index (χ0n) is 19.8. The van der Waals surface area contributed by atoms with Gasteiger partial charge in [0.15, 0.2) is 0 Å². The van der Waals surface area contributed by atoms with Crippen molar-refractivity contribution in [3.05, 3.63) is 93.8 Å². The van der Waals surface area contributed by atoms with Crippen LogP contribution < -0.4 is 9.62 Å². The van der Waals surface area contributed by atoms with Crippen molar-refractivity contribution >= 4 is 45.0 Å². The molecule has 9 heteroatoms. The van der Waals surface area contributed by atoms with E-state index in [2.05, 4.69) is 5.32 Å². The number of rotatable bonds is 10. The Balaban J connectivity index is 1.70. The van der Waals surface area contributed by atoms with Gasteiger partial charge in [0.1, 0.15) is 12.4 Å². The van der Waals surface area contributed by atoms with Crippen LogP contribution in [0.2, 0.25) is 5.02 Å². The van der Waals surface area contributed by atoms with E-state index in [1.54, 1.807) is 42.5 Å². The highest BCUT2D eigenvalue weighted by Crippen LogP contribution is 2.28. The summed E-state index contributed by atoms with van der Waals surface area (Å²) >= 11 is 7.48. The first-order valence-corrected chi connectivity index (χ1v) is 14.0. The fourth-order valence-electron chi connectivity index (χ4n) is 3.42. The Morgan fingerprint density at radius 2 is 1.71 bits per heavy atom. The molecule has 3 rings (SSSR count). The molecule has 0 aliphatic heterocycles. The van der Waals surface area contributed by atoms with E-state index in [4.69, 9.17) is 11.6 Å². The zero-order valence-corrected chi connectivity index (χ0v) is 22.2. The van der Waals surface area contributed by atoms with Gasteiger partial charge in [-0.15, -0.1) is 0 Å². The molecule has 0 heterocycles. The topological polar surface area (TPSA) is 66.5 Å². The summed E-state index contributed by atoms with van der Waals surface area (Å²) in [6, 6.07) is 16.6. The summed E-state index contributed by atoms with van der Waals surface area (Å²) in [5, 5.41) is 3.14. The number of nitrogens with one attached hydrogen (secondary N) is 1. The molecular formula is C26H28ClFN2O3S2. The molecule has 0 aliphatic carbocycles. The third-order valence-electron chi connectivity index (χ3n) is 5.41. The van der Waals surface area contributed by atoms with E-state index in [1.807, 2.05) is 32.9 Å². The van der Waals surface area contributed by atoms with E-state index in [9.17, 15) is 17.6 Å². The molecule has 0 spiro atoms. The highest BCUT2D eigenvalue weighted by Gasteiger charge is 2.28. The maximum atomic E-state index is 13.9. The minimum Gasteiger partial charge on any atom is -0.354 e. The lowest BCUT2D eigenvalue weighted by molar-refractivity contribution is -0.119. The number of amides is 1. The van der Waals surface area contributed by atoms with Gasteiger partial charge in [0.2, 0.25) is 5.91 Å². The van der Waals surface area contributed by atoms with Gasteiger partial charge in [-0.05, 0) is 62.2 Å². The van der Waals surface area contributed by atoms with Crippen LogP contribution in [0.4, 0.5) is 10.1 Å². The largest absolute Gasteiger partial charge is 0.354 e. The van der Waals surface area contributed by atoms with Gasteiger partial charge in [0.25, 0.3) is 10.0 Å². The smallest absolute Gasteiger partial charge is 0.264 e. The molecule has 1 N–H and O–H groups in total. The normalized spacial score (nSPS) is 11.3. The van der Waals surface area contributed by atoms with E-state index < -0.39 is 15.9 Å². The average Bonchev–Trinajstić information content (AvgIpc) is 2.81. The van der Waals surface area contributed by atoms with E-state index in [1.165, 1.54) is 17.8 Å². The number of anilines is 1. The van der Waals surface area contributed by atoms with Crippen molar-refractivity contribution in [1.82, 2.24) is 5.32 Å². The molecule has 0 saturated heterocycles. The predicted molar refractivity (Wildman–Crippen MR) is 142 cm³/mol. The molecule has 1 amide bonds. The lowest BCUT2D eigenvalue weighted by Gasteiger charge is -2.26. The quantitative estimate of drug-likeness (QED) is 0.341. The number of hydrogen-bond donors (Lipinski definition) is 1. The van der Waals surface area contributed by atoms with Gasteiger partial charge in [-0.3, -0.25) is 9.10 Å². The lowest BCUT2D eigenvalue weighted by atomic mass is 10.1. The third-order valence-corrected chi connectivity index (χ3v) is 8.52. The molecule has 0 saturated carbocycles. The molecule has 0 aliphatic rings. The predicted octanol–water partition coefficient (Wildman–Crippen LogP) is 5.65. The van der Waals surface area contributed by atoms with Crippen molar-refractivity contribution in [3.8, 4) is 0 Å². The molecule has 0 fully saturated rings. The van der Waals surface area contributed by atoms with Crippen LogP contribution in [0.15, 0.2) is 65.6 Å². The highest BCUT2D eigenvalue weighted by atomic mass is 35.5. The van der Waals surface area contributed by atoms with Crippen molar-refractivity contribution in [2.45, 2.75) is 31.4 Å². The van der Waals surface area contributed by atoms with Gasteiger partial charge in [-0.2, -0.15) is 11.8 Å². The van der Waals surface area contributed by atoms with Gasteiger partial charge >= 0.3 is 0 Å². The Morgan fingerprint density at radius 1 is 1.03 bits per heavy atom. The summed E-state index contributed by atoms with van der Waals surface area (Å²) in [5.41, 5.74) is 3.46. The average molecular weight is 535 g/mol. The van der Waals surface area contributed by atoms with Crippen LogP contribution in [0.25, 0.3) is 0 Å². The monoisotopic (exact) mass is 534 g/mol. The molecule has 0 unspecified atom stereocenters. The van der Waals surface area contributed by atoms with Crippen LogP contribution in [0.3, 0.4) is 0 Å². The van der Waals surface area contributed by atoms with Crippen LogP contribution in [0.1, 0.15) is 22.3 Å². The molecule has 0 aromatic heterocycles. The number of aryl methyl sites for hydroxylation is 3. The van der Waals surface area contributed by atoms with E-state index in [-0.39, 0.29) is 17.3 Å². The van der Waals surface area contributed by atoms with Gasteiger partial charge < -0.3 is 5.32 Å². The van der Waals surface area contributed by atoms with Crippen LogP contribution in [-0.2, 0) is 20.6 Å². The lowest BCUT2D eigenvalue weighted by Crippen LogP contribution is -2.41. The van der Waals surface area contributed by atoms with Gasteiger partial charge in [0.05, 0.1) is 10.6 Å². The van der Waals surface area contributed by atoms with Crippen molar-refractivity contribution < 1.29 is 17.6 Å². The minimum atomic E-state index is -3.98. The minimum absolute atomic E-state index is 0.120. The maximum absolute atomic E-state index is 13.9. The molecule has 35 heavy (non-hydrogen) atoms. The standard InChI is InChI=1S/C26H28ClFN2O3S2/c1-18-8-11-21(12-9-18)35(32,33)30(25-15-19(2)7-10-20(25)3)16-26(31)29-13-14-34-17-22-23(27)5-4-6-24(22)28/h4-12,15H,13-14,16-17H2,1-3H3,(H,29,31).